The molecule has 0 bridgehead atoms. The largest absolute Gasteiger partial charge is 0.359 e. The summed E-state index contributed by atoms with van der Waals surface area (Å²) in [6.07, 6.45) is -13.4. The van der Waals surface area contributed by atoms with Crippen LogP contribution in [0.2, 0.25) is 0 Å². The van der Waals surface area contributed by atoms with Crippen LogP contribution in [0.25, 0.3) is 0 Å². The average Bonchev–Trinajstić information content (AvgIpc) is 2.24. The number of alkyl halides is 10. The predicted molar refractivity (Wildman–Crippen MR) is 45.6 cm³/mol. The standard InChI is InChI=1S/C9H6F12/c10-2-1-6(15,16)8(19,5(13)14)9(20,21)7(17,18)3-4(11)12/h3,5H,1-2H2. The van der Waals surface area contributed by atoms with Gasteiger partial charge >= 0.3 is 17.5 Å². The van der Waals surface area contributed by atoms with Gasteiger partial charge in [0.1, 0.15) is 0 Å². The Morgan fingerprint density at radius 1 is 0.905 bits per heavy atom. The van der Waals surface area contributed by atoms with E-state index in [4.69, 9.17) is 0 Å². The van der Waals surface area contributed by atoms with Gasteiger partial charge < -0.3 is 0 Å². The lowest BCUT2D eigenvalue weighted by molar-refractivity contribution is -0.340. The van der Waals surface area contributed by atoms with E-state index in [2.05, 4.69) is 0 Å². The van der Waals surface area contributed by atoms with Crippen molar-refractivity contribution >= 4 is 0 Å². The van der Waals surface area contributed by atoms with Crippen LogP contribution < -0.4 is 0 Å². The Morgan fingerprint density at radius 2 is 1.33 bits per heavy atom. The number of rotatable bonds is 7. The van der Waals surface area contributed by atoms with Gasteiger partial charge in [0.25, 0.3) is 18.4 Å². The SMILES string of the molecule is FCCC(F)(F)C(F)(C(F)F)C(F)(F)C(F)(F)C=C(F)F. The summed E-state index contributed by atoms with van der Waals surface area (Å²) < 4.78 is 151. The molecule has 0 radical (unpaired) electrons. The van der Waals surface area contributed by atoms with E-state index in [0.717, 1.165) is 0 Å². The van der Waals surface area contributed by atoms with Crippen LogP contribution in [0.4, 0.5) is 52.7 Å². The monoisotopic (exact) mass is 342 g/mol. The van der Waals surface area contributed by atoms with E-state index in [1.165, 1.54) is 0 Å². The fourth-order valence-electron chi connectivity index (χ4n) is 1.30. The fraction of sp³-hybridized carbons (Fsp3) is 0.778. The van der Waals surface area contributed by atoms with Gasteiger partial charge in [-0.2, -0.15) is 26.3 Å². The Hall–Kier alpha value is -1.10. The third-order valence-corrected chi connectivity index (χ3v) is 2.41. The van der Waals surface area contributed by atoms with Crippen molar-refractivity contribution in [3.05, 3.63) is 12.2 Å². The molecule has 0 aliphatic carbocycles. The van der Waals surface area contributed by atoms with E-state index in [-0.39, 0.29) is 0 Å². The molecule has 0 spiro atoms. The molecule has 0 heterocycles. The van der Waals surface area contributed by atoms with Crippen molar-refractivity contribution in [2.45, 2.75) is 36.3 Å². The molecule has 0 aliphatic heterocycles. The van der Waals surface area contributed by atoms with E-state index in [0.29, 0.717) is 0 Å². The van der Waals surface area contributed by atoms with Gasteiger partial charge in [-0.15, -0.1) is 0 Å². The van der Waals surface area contributed by atoms with Gasteiger partial charge in [0, 0.05) is 6.42 Å². The van der Waals surface area contributed by atoms with Crippen LogP contribution in [0.3, 0.4) is 0 Å². The molecule has 0 rings (SSSR count). The van der Waals surface area contributed by atoms with Gasteiger partial charge in [0.05, 0.1) is 12.8 Å². The molecule has 0 nitrogen and oxygen atoms in total. The van der Waals surface area contributed by atoms with Gasteiger partial charge in [-0.3, -0.25) is 4.39 Å². The second-order valence-electron chi connectivity index (χ2n) is 3.79. The molecule has 0 N–H and O–H groups in total. The normalized spacial score (nSPS) is 16.8. The van der Waals surface area contributed by atoms with Gasteiger partial charge in [-0.1, -0.05) is 0 Å². The minimum absolute atomic E-state index is 1.94. The smallest absolute Gasteiger partial charge is 0.251 e. The molecule has 12 heteroatoms. The van der Waals surface area contributed by atoms with Gasteiger partial charge in [0.15, 0.2) is 0 Å². The molecule has 0 aromatic heterocycles. The maximum Gasteiger partial charge on any atom is 0.359 e. The van der Waals surface area contributed by atoms with E-state index in [1.54, 1.807) is 0 Å². The molecular weight excluding hydrogens is 336 g/mol. The van der Waals surface area contributed by atoms with Crippen molar-refractivity contribution < 1.29 is 52.7 Å². The first kappa shape index (κ1) is 19.9. The summed E-state index contributed by atoms with van der Waals surface area (Å²) in [6, 6.07) is 0. The molecule has 21 heavy (non-hydrogen) atoms. The van der Waals surface area contributed by atoms with Crippen molar-refractivity contribution in [1.82, 2.24) is 0 Å². The highest BCUT2D eigenvalue weighted by atomic mass is 19.3. The quantitative estimate of drug-likeness (QED) is 0.571. The van der Waals surface area contributed by atoms with Crippen molar-refractivity contribution in [3.63, 3.8) is 0 Å². The molecule has 126 valence electrons. The predicted octanol–water partition coefficient (Wildman–Crippen LogP) is 5.01. The molecule has 0 aromatic carbocycles. The van der Waals surface area contributed by atoms with Crippen molar-refractivity contribution in [3.8, 4) is 0 Å². The van der Waals surface area contributed by atoms with Crippen LogP contribution in [0.5, 0.6) is 0 Å². The number of allylic oxidation sites excluding steroid dienone is 1. The minimum atomic E-state index is -6.93. The van der Waals surface area contributed by atoms with E-state index < -0.39 is 55.1 Å². The summed E-state index contributed by atoms with van der Waals surface area (Å²) >= 11 is 0. The molecular formula is C9H6F12. The summed E-state index contributed by atoms with van der Waals surface area (Å²) in [4.78, 5) is 0. The summed E-state index contributed by atoms with van der Waals surface area (Å²) in [5.74, 6) is -19.2. The third-order valence-electron chi connectivity index (χ3n) is 2.41. The van der Waals surface area contributed by atoms with Gasteiger partial charge in [-0.25, -0.2) is 22.0 Å². The number of hydrogen-bond donors (Lipinski definition) is 0. The highest BCUT2D eigenvalue weighted by Crippen LogP contribution is 2.56. The van der Waals surface area contributed by atoms with E-state index in [1.807, 2.05) is 0 Å². The van der Waals surface area contributed by atoms with E-state index in [9.17, 15) is 52.7 Å². The second kappa shape index (κ2) is 5.95. The Morgan fingerprint density at radius 3 is 1.62 bits per heavy atom. The second-order valence-corrected chi connectivity index (χ2v) is 3.79. The van der Waals surface area contributed by atoms with Gasteiger partial charge in [0.2, 0.25) is 0 Å². The van der Waals surface area contributed by atoms with Crippen molar-refractivity contribution in [2.24, 2.45) is 0 Å². The molecule has 0 saturated heterocycles. The van der Waals surface area contributed by atoms with Crippen LogP contribution >= 0.6 is 0 Å². The average molecular weight is 342 g/mol. The summed E-state index contributed by atoms with van der Waals surface area (Å²) in [7, 11) is 0. The van der Waals surface area contributed by atoms with Crippen LogP contribution in [-0.2, 0) is 0 Å². The zero-order valence-corrected chi connectivity index (χ0v) is 9.60. The Kier molecular flexibility index (Phi) is 5.64. The third kappa shape index (κ3) is 3.23. The number of hydrogen-bond acceptors (Lipinski definition) is 0. The Labute approximate surface area is 109 Å². The first-order valence-corrected chi connectivity index (χ1v) is 4.87. The first-order chi connectivity index (χ1) is 9.17. The molecule has 0 aliphatic rings. The Balaban J connectivity index is 6.15. The molecule has 0 fully saturated rings. The first-order valence-electron chi connectivity index (χ1n) is 4.87. The topological polar surface area (TPSA) is 0 Å². The summed E-state index contributed by atoms with van der Waals surface area (Å²) in [5, 5.41) is 0. The van der Waals surface area contributed by atoms with Crippen molar-refractivity contribution in [1.29, 1.82) is 0 Å². The van der Waals surface area contributed by atoms with Gasteiger partial charge in [-0.05, 0) is 0 Å². The minimum Gasteiger partial charge on any atom is -0.251 e. The maximum absolute atomic E-state index is 13.4. The lowest BCUT2D eigenvalue weighted by atomic mass is 9.85. The lowest BCUT2D eigenvalue weighted by Crippen LogP contribution is -2.67. The van der Waals surface area contributed by atoms with Crippen LogP contribution in [0, 0.1) is 0 Å². The maximum atomic E-state index is 13.4. The zero-order chi connectivity index (χ0) is 17.3. The number of halogens is 12. The highest BCUT2D eigenvalue weighted by molar-refractivity contribution is 5.16. The summed E-state index contributed by atoms with van der Waals surface area (Å²) in [5.41, 5.74) is -6.55. The van der Waals surface area contributed by atoms with E-state index >= 15 is 0 Å². The molecule has 0 saturated carbocycles. The van der Waals surface area contributed by atoms with Crippen molar-refractivity contribution in [2.75, 3.05) is 6.67 Å². The highest BCUT2D eigenvalue weighted by Gasteiger charge is 2.82. The fourth-order valence-corrected chi connectivity index (χ4v) is 1.30. The van der Waals surface area contributed by atoms with Crippen LogP contribution in [0.15, 0.2) is 12.2 Å². The lowest BCUT2D eigenvalue weighted by Gasteiger charge is -2.40. The molecule has 1 unspecified atom stereocenters. The zero-order valence-electron chi connectivity index (χ0n) is 9.60. The molecule has 0 amide bonds. The Bertz CT molecular complexity index is 382. The van der Waals surface area contributed by atoms with Crippen LogP contribution in [0.1, 0.15) is 6.42 Å². The van der Waals surface area contributed by atoms with Crippen LogP contribution in [-0.4, -0.2) is 36.5 Å². The molecule has 0 aromatic rings. The summed E-state index contributed by atoms with van der Waals surface area (Å²) in [6.45, 7) is -2.29. The molecule has 1 atom stereocenters.